The summed E-state index contributed by atoms with van der Waals surface area (Å²) < 4.78 is 0. The summed E-state index contributed by atoms with van der Waals surface area (Å²) in [6.45, 7) is 3.91. The number of hydrogen-bond donors (Lipinski definition) is 2. The highest BCUT2D eigenvalue weighted by Crippen LogP contribution is 2.29. The molecule has 120 valence electrons. The van der Waals surface area contributed by atoms with E-state index in [-0.39, 0.29) is 30.3 Å². The zero-order chi connectivity index (χ0) is 15.9. The van der Waals surface area contributed by atoms with Gasteiger partial charge in [-0.3, -0.25) is 9.59 Å². The first-order chi connectivity index (χ1) is 10.6. The van der Waals surface area contributed by atoms with Crippen LogP contribution in [0.3, 0.4) is 0 Å². The first-order valence-electron chi connectivity index (χ1n) is 7.81. The van der Waals surface area contributed by atoms with E-state index in [2.05, 4.69) is 17.2 Å². The molecule has 1 aromatic heterocycles. The van der Waals surface area contributed by atoms with E-state index in [9.17, 15) is 14.7 Å². The molecule has 0 atom stereocenters. The van der Waals surface area contributed by atoms with Gasteiger partial charge in [0.25, 0.3) is 5.91 Å². The summed E-state index contributed by atoms with van der Waals surface area (Å²) >= 11 is 0. The monoisotopic (exact) mass is 305 g/mol. The molecule has 6 nitrogen and oxygen atoms in total. The maximum Gasteiger partial charge on any atom is 0.273 e. The van der Waals surface area contributed by atoms with Crippen LogP contribution in [0.15, 0.2) is 18.3 Å². The van der Waals surface area contributed by atoms with Crippen LogP contribution in [-0.2, 0) is 4.79 Å². The number of rotatable bonds is 8. The van der Waals surface area contributed by atoms with Gasteiger partial charge < -0.3 is 15.3 Å². The first kappa shape index (κ1) is 16.3. The van der Waals surface area contributed by atoms with Crippen LogP contribution in [0, 0.1) is 5.92 Å². The van der Waals surface area contributed by atoms with Crippen LogP contribution in [0.4, 0.5) is 0 Å². The molecule has 6 heteroatoms. The zero-order valence-electron chi connectivity index (χ0n) is 12.9. The molecule has 0 spiro atoms. The Morgan fingerprint density at radius 3 is 2.86 bits per heavy atom. The van der Waals surface area contributed by atoms with Gasteiger partial charge in [-0.2, -0.15) is 0 Å². The van der Waals surface area contributed by atoms with Crippen LogP contribution in [-0.4, -0.2) is 46.4 Å². The quantitative estimate of drug-likeness (QED) is 0.763. The van der Waals surface area contributed by atoms with Gasteiger partial charge in [-0.05, 0) is 37.3 Å². The SMILES string of the molecule is CCCN(CC1CC1)C(=O)CCNC(=O)c1ncccc1O. The van der Waals surface area contributed by atoms with Crippen LogP contribution in [0.25, 0.3) is 0 Å². The molecule has 1 fully saturated rings. The normalized spacial score (nSPS) is 13.7. The van der Waals surface area contributed by atoms with E-state index < -0.39 is 5.91 Å². The number of aromatic nitrogens is 1. The molecule has 2 rings (SSSR count). The number of nitrogens with one attached hydrogen (secondary N) is 1. The molecule has 0 aromatic carbocycles. The lowest BCUT2D eigenvalue weighted by molar-refractivity contribution is -0.131. The molecule has 1 aliphatic carbocycles. The summed E-state index contributed by atoms with van der Waals surface area (Å²) in [5.41, 5.74) is -0.0154. The van der Waals surface area contributed by atoms with E-state index in [4.69, 9.17) is 0 Å². The second-order valence-corrected chi connectivity index (χ2v) is 5.66. The molecule has 1 saturated carbocycles. The standard InChI is InChI=1S/C16H23N3O3/c1-2-10-19(11-12-5-6-12)14(21)7-9-18-16(22)15-13(20)4-3-8-17-15/h3-4,8,12,20H,2,5-7,9-11H2,1H3,(H,18,22). The van der Waals surface area contributed by atoms with Crippen LogP contribution >= 0.6 is 0 Å². The van der Waals surface area contributed by atoms with Gasteiger partial charge in [0.05, 0.1) is 0 Å². The molecule has 2 N–H and O–H groups in total. The largest absolute Gasteiger partial charge is 0.505 e. The third-order valence-electron chi connectivity index (χ3n) is 3.65. The Hall–Kier alpha value is -2.11. The average molecular weight is 305 g/mol. The predicted octanol–water partition coefficient (Wildman–Crippen LogP) is 1.56. The fourth-order valence-corrected chi connectivity index (χ4v) is 2.30. The van der Waals surface area contributed by atoms with Gasteiger partial charge in [-0.25, -0.2) is 4.98 Å². The number of carbonyl (C=O) groups is 2. The minimum Gasteiger partial charge on any atom is -0.505 e. The summed E-state index contributed by atoms with van der Waals surface area (Å²) in [5, 5.41) is 12.2. The van der Waals surface area contributed by atoms with E-state index in [1.165, 1.54) is 25.1 Å². The van der Waals surface area contributed by atoms with E-state index in [0.29, 0.717) is 5.92 Å². The second kappa shape index (κ2) is 7.77. The number of nitrogens with zero attached hydrogens (tertiary/aromatic N) is 2. The fraction of sp³-hybridized carbons (Fsp3) is 0.562. The first-order valence-corrected chi connectivity index (χ1v) is 7.81. The van der Waals surface area contributed by atoms with Crippen molar-refractivity contribution < 1.29 is 14.7 Å². The van der Waals surface area contributed by atoms with Gasteiger partial charge in [0, 0.05) is 32.3 Å². The van der Waals surface area contributed by atoms with Crippen molar-refractivity contribution in [1.29, 1.82) is 0 Å². The van der Waals surface area contributed by atoms with Gasteiger partial charge in [0.15, 0.2) is 5.69 Å². The molecule has 22 heavy (non-hydrogen) atoms. The molecular formula is C16H23N3O3. The Labute approximate surface area is 130 Å². The number of carbonyl (C=O) groups excluding carboxylic acids is 2. The van der Waals surface area contributed by atoms with E-state index in [1.807, 2.05) is 4.90 Å². The molecule has 1 heterocycles. The average Bonchev–Trinajstić information content (AvgIpc) is 3.31. The number of pyridine rings is 1. The van der Waals surface area contributed by atoms with Crippen molar-refractivity contribution in [3.05, 3.63) is 24.0 Å². The topological polar surface area (TPSA) is 82.5 Å². The van der Waals surface area contributed by atoms with Crippen LogP contribution in [0.2, 0.25) is 0 Å². The fourth-order valence-electron chi connectivity index (χ4n) is 2.30. The van der Waals surface area contributed by atoms with Crippen molar-refractivity contribution in [1.82, 2.24) is 15.2 Å². The number of aromatic hydroxyl groups is 1. The molecule has 0 radical (unpaired) electrons. The molecule has 2 amide bonds. The molecule has 0 bridgehead atoms. The van der Waals surface area contributed by atoms with Crippen molar-refractivity contribution in [3.63, 3.8) is 0 Å². The maximum absolute atomic E-state index is 12.2. The van der Waals surface area contributed by atoms with Crippen molar-refractivity contribution in [2.75, 3.05) is 19.6 Å². The summed E-state index contributed by atoms with van der Waals surface area (Å²) in [6.07, 6.45) is 5.07. The van der Waals surface area contributed by atoms with Gasteiger partial charge in [0.2, 0.25) is 5.91 Å². The van der Waals surface area contributed by atoms with Crippen molar-refractivity contribution in [2.45, 2.75) is 32.6 Å². The number of hydrogen-bond acceptors (Lipinski definition) is 4. The lowest BCUT2D eigenvalue weighted by Gasteiger charge is -2.22. The minimum atomic E-state index is -0.463. The van der Waals surface area contributed by atoms with Crippen molar-refractivity contribution in [2.24, 2.45) is 5.92 Å². The van der Waals surface area contributed by atoms with Gasteiger partial charge in [0.1, 0.15) is 5.75 Å². The highest BCUT2D eigenvalue weighted by molar-refractivity contribution is 5.94. The molecule has 1 aromatic rings. The van der Waals surface area contributed by atoms with Crippen LogP contribution in [0.1, 0.15) is 43.1 Å². The Kier molecular flexibility index (Phi) is 5.75. The summed E-state index contributed by atoms with van der Waals surface area (Å²) in [6, 6.07) is 2.96. The second-order valence-electron chi connectivity index (χ2n) is 5.66. The lowest BCUT2D eigenvalue weighted by atomic mass is 10.2. The minimum absolute atomic E-state index is 0.0154. The molecular weight excluding hydrogens is 282 g/mol. The molecule has 1 aliphatic rings. The summed E-state index contributed by atoms with van der Waals surface area (Å²) in [4.78, 5) is 29.8. The van der Waals surface area contributed by atoms with Gasteiger partial charge in [-0.1, -0.05) is 6.92 Å². The van der Waals surface area contributed by atoms with Gasteiger partial charge in [-0.15, -0.1) is 0 Å². The molecule has 0 saturated heterocycles. The molecule has 0 unspecified atom stereocenters. The van der Waals surface area contributed by atoms with Crippen molar-refractivity contribution in [3.8, 4) is 5.75 Å². The lowest BCUT2D eigenvalue weighted by Crippen LogP contribution is -2.36. The maximum atomic E-state index is 12.2. The third-order valence-corrected chi connectivity index (χ3v) is 3.65. The Morgan fingerprint density at radius 2 is 2.23 bits per heavy atom. The zero-order valence-corrected chi connectivity index (χ0v) is 12.9. The third kappa shape index (κ3) is 4.72. The Bertz CT molecular complexity index is 529. The number of amides is 2. The smallest absolute Gasteiger partial charge is 0.273 e. The highest BCUT2D eigenvalue weighted by Gasteiger charge is 2.26. The van der Waals surface area contributed by atoms with E-state index >= 15 is 0 Å². The summed E-state index contributed by atoms with van der Waals surface area (Å²) in [5.74, 6) is 0.109. The van der Waals surface area contributed by atoms with Crippen LogP contribution in [0.5, 0.6) is 5.75 Å². The van der Waals surface area contributed by atoms with E-state index in [1.54, 1.807) is 6.07 Å². The van der Waals surface area contributed by atoms with Gasteiger partial charge >= 0.3 is 0 Å². The molecule has 0 aliphatic heterocycles. The van der Waals surface area contributed by atoms with Crippen LogP contribution < -0.4 is 5.32 Å². The van der Waals surface area contributed by atoms with Crippen molar-refractivity contribution >= 4 is 11.8 Å². The Balaban J connectivity index is 1.77. The van der Waals surface area contributed by atoms with E-state index in [0.717, 1.165) is 19.5 Å². The predicted molar refractivity (Wildman–Crippen MR) is 82.4 cm³/mol. The highest BCUT2D eigenvalue weighted by atomic mass is 16.3. The Morgan fingerprint density at radius 1 is 1.45 bits per heavy atom. The summed E-state index contributed by atoms with van der Waals surface area (Å²) in [7, 11) is 0.